The molecule has 0 saturated heterocycles. The molecule has 0 bridgehead atoms. The van der Waals surface area contributed by atoms with Gasteiger partial charge in [-0.2, -0.15) is 0 Å². The Kier molecular flexibility index (Phi) is 5.39. The van der Waals surface area contributed by atoms with Crippen LogP contribution in [-0.2, 0) is 6.42 Å². The first kappa shape index (κ1) is 17.1. The molecule has 4 heteroatoms. The van der Waals surface area contributed by atoms with E-state index in [1.807, 2.05) is 11.3 Å². The fraction of sp³-hybridized carbons (Fsp3) is 0.333. The number of H-pyrrole nitrogens is 1. The fourth-order valence-corrected chi connectivity index (χ4v) is 4.98. The summed E-state index contributed by atoms with van der Waals surface area (Å²) in [6.45, 7) is 1.01. The second kappa shape index (κ2) is 7.90. The summed E-state index contributed by atoms with van der Waals surface area (Å²) in [6, 6.07) is 11.4. The molecule has 25 heavy (non-hydrogen) atoms. The van der Waals surface area contributed by atoms with Crippen LogP contribution >= 0.6 is 27.3 Å². The maximum atomic E-state index is 3.66. The number of unbranched alkanes of at least 4 members (excludes halogenated alkanes) is 1. The molecule has 130 valence electrons. The Morgan fingerprint density at radius 1 is 1.16 bits per heavy atom. The van der Waals surface area contributed by atoms with Gasteiger partial charge in [0.1, 0.15) is 0 Å². The second-order valence-corrected chi connectivity index (χ2v) is 8.54. The van der Waals surface area contributed by atoms with Crippen LogP contribution < -0.4 is 5.32 Å². The third kappa shape index (κ3) is 3.91. The largest absolute Gasteiger partial charge is 0.360 e. The van der Waals surface area contributed by atoms with E-state index >= 15 is 0 Å². The van der Waals surface area contributed by atoms with Crippen LogP contribution in [-0.4, -0.2) is 17.6 Å². The molecule has 0 spiro atoms. The van der Waals surface area contributed by atoms with E-state index in [4.69, 9.17) is 0 Å². The molecule has 1 unspecified atom stereocenters. The zero-order valence-corrected chi connectivity index (χ0v) is 16.6. The SMILES string of the molecule is Brc1cccc2c(CCCCC3CC(c4cccs4)=CCN3)c[nH]c12. The average molecular weight is 415 g/mol. The summed E-state index contributed by atoms with van der Waals surface area (Å²) in [4.78, 5) is 4.84. The summed E-state index contributed by atoms with van der Waals surface area (Å²) in [7, 11) is 0. The molecule has 1 aliphatic heterocycles. The highest BCUT2D eigenvalue weighted by atomic mass is 79.9. The maximum absolute atomic E-state index is 3.66. The van der Waals surface area contributed by atoms with E-state index < -0.39 is 0 Å². The lowest BCUT2D eigenvalue weighted by atomic mass is 9.95. The van der Waals surface area contributed by atoms with Crippen LogP contribution in [0.4, 0.5) is 0 Å². The molecule has 3 heterocycles. The van der Waals surface area contributed by atoms with Crippen LogP contribution in [0.2, 0.25) is 0 Å². The van der Waals surface area contributed by atoms with Gasteiger partial charge < -0.3 is 10.3 Å². The number of aromatic nitrogens is 1. The Morgan fingerprint density at radius 3 is 3.00 bits per heavy atom. The van der Waals surface area contributed by atoms with E-state index in [0.29, 0.717) is 6.04 Å². The van der Waals surface area contributed by atoms with Crippen molar-refractivity contribution in [2.24, 2.45) is 0 Å². The number of para-hydroxylation sites is 1. The van der Waals surface area contributed by atoms with Crippen LogP contribution in [0, 0.1) is 0 Å². The zero-order chi connectivity index (χ0) is 17.1. The molecule has 1 atom stereocenters. The summed E-state index contributed by atoms with van der Waals surface area (Å²) in [5, 5.41) is 7.19. The van der Waals surface area contributed by atoms with E-state index in [2.05, 4.69) is 74.2 Å². The van der Waals surface area contributed by atoms with Crippen LogP contribution in [0.15, 0.2) is 52.5 Å². The van der Waals surface area contributed by atoms with Gasteiger partial charge in [-0.3, -0.25) is 0 Å². The smallest absolute Gasteiger partial charge is 0.0601 e. The van der Waals surface area contributed by atoms with E-state index in [9.17, 15) is 0 Å². The lowest BCUT2D eigenvalue weighted by Crippen LogP contribution is -2.32. The Hall–Kier alpha value is -1.36. The van der Waals surface area contributed by atoms with Crippen molar-refractivity contribution in [3.8, 4) is 0 Å². The van der Waals surface area contributed by atoms with Gasteiger partial charge in [0.2, 0.25) is 0 Å². The van der Waals surface area contributed by atoms with Crippen molar-refractivity contribution in [3.63, 3.8) is 0 Å². The number of hydrogen-bond donors (Lipinski definition) is 2. The number of aromatic amines is 1. The second-order valence-electron chi connectivity index (χ2n) is 6.74. The first-order chi connectivity index (χ1) is 12.3. The number of hydrogen-bond acceptors (Lipinski definition) is 2. The van der Waals surface area contributed by atoms with Crippen molar-refractivity contribution in [2.75, 3.05) is 6.54 Å². The summed E-state index contributed by atoms with van der Waals surface area (Å²) in [6.07, 6.45) is 10.6. The summed E-state index contributed by atoms with van der Waals surface area (Å²) in [5.74, 6) is 0. The monoisotopic (exact) mass is 414 g/mol. The zero-order valence-electron chi connectivity index (χ0n) is 14.2. The van der Waals surface area contributed by atoms with Crippen molar-refractivity contribution in [1.82, 2.24) is 10.3 Å². The highest BCUT2D eigenvalue weighted by Crippen LogP contribution is 2.29. The highest BCUT2D eigenvalue weighted by molar-refractivity contribution is 9.10. The molecule has 0 amide bonds. The molecule has 3 aromatic rings. The Labute approximate surface area is 161 Å². The predicted molar refractivity (Wildman–Crippen MR) is 112 cm³/mol. The highest BCUT2D eigenvalue weighted by Gasteiger charge is 2.16. The van der Waals surface area contributed by atoms with E-state index in [-0.39, 0.29) is 0 Å². The first-order valence-corrected chi connectivity index (χ1v) is 10.7. The molecular weight excluding hydrogens is 392 g/mol. The predicted octanol–water partition coefficient (Wildman–Crippen LogP) is 6.15. The Morgan fingerprint density at radius 2 is 2.12 bits per heavy atom. The number of aryl methyl sites for hydroxylation is 1. The van der Waals surface area contributed by atoms with E-state index in [1.54, 1.807) is 0 Å². The molecular formula is C21H23BrN2S. The van der Waals surface area contributed by atoms with Crippen LogP contribution in [0.25, 0.3) is 16.5 Å². The number of thiophene rings is 1. The van der Waals surface area contributed by atoms with Gasteiger partial charge in [-0.15, -0.1) is 11.3 Å². The normalized spacial score (nSPS) is 17.8. The minimum absolute atomic E-state index is 0.624. The summed E-state index contributed by atoms with van der Waals surface area (Å²) >= 11 is 5.48. The number of benzene rings is 1. The molecule has 0 aliphatic carbocycles. The van der Waals surface area contributed by atoms with Crippen LogP contribution in [0.1, 0.15) is 36.1 Å². The minimum Gasteiger partial charge on any atom is -0.360 e. The van der Waals surface area contributed by atoms with Crippen molar-refractivity contribution >= 4 is 43.7 Å². The average Bonchev–Trinajstić information content (AvgIpc) is 3.30. The summed E-state index contributed by atoms with van der Waals surface area (Å²) in [5.41, 5.74) is 4.18. The number of fused-ring (bicyclic) bond motifs is 1. The van der Waals surface area contributed by atoms with E-state index in [1.165, 1.54) is 52.6 Å². The molecule has 1 aromatic carbocycles. The Bertz CT molecular complexity index is 863. The number of nitrogens with one attached hydrogen (secondary N) is 2. The lowest BCUT2D eigenvalue weighted by molar-refractivity contribution is 0.477. The minimum atomic E-state index is 0.624. The van der Waals surface area contributed by atoms with Gasteiger partial charge in [0, 0.05) is 33.5 Å². The van der Waals surface area contributed by atoms with E-state index in [0.717, 1.165) is 17.4 Å². The lowest BCUT2D eigenvalue weighted by Gasteiger charge is -2.24. The van der Waals surface area contributed by atoms with Gasteiger partial charge in [0.25, 0.3) is 0 Å². The van der Waals surface area contributed by atoms with Gasteiger partial charge in [-0.05, 0) is 70.3 Å². The van der Waals surface area contributed by atoms with Crippen LogP contribution in [0.3, 0.4) is 0 Å². The molecule has 2 nitrogen and oxygen atoms in total. The van der Waals surface area contributed by atoms with Gasteiger partial charge in [-0.1, -0.05) is 30.7 Å². The molecule has 0 saturated carbocycles. The third-order valence-corrected chi connectivity index (χ3v) is 6.66. The van der Waals surface area contributed by atoms with Gasteiger partial charge in [0.05, 0.1) is 5.52 Å². The maximum Gasteiger partial charge on any atom is 0.0601 e. The topological polar surface area (TPSA) is 27.8 Å². The standard InChI is InChI=1S/C21H23BrN2S/c22-19-8-3-7-18-16(14-24-21(18)19)5-1-2-6-17-13-15(10-11-23-17)20-9-4-12-25-20/h3-4,7-10,12,14,17,23-24H,1-2,5-6,11,13H2. The molecule has 4 rings (SSSR count). The van der Waals surface area contributed by atoms with Crippen molar-refractivity contribution in [2.45, 2.75) is 38.1 Å². The van der Waals surface area contributed by atoms with Gasteiger partial charge in [0.15, 0.2) is 0 Å². The van der Waals surface area contributed by atoms with Crippen LogP contribution in [0.5, 0.6) is 0 Å². The molecule has 2 aromatic heterocycles. The summed E-state index contributed by atoms with van der Waals surface area (Å²) < 4.78 is 1.15. The number of rotatable bonds is 6. The molecule has 0 radical (unpaired) electrons. The fourth-order valence-electron chi connectivity index (χ4n) is 3.72. The first-order valence-electron chi connectivity index (χ1n) is 9.02. The van der Waals surface area contributed by atoms with Crippen molar-refractivity contribution < 1.29 is 0 Å². The van der Waals surface area contributed by atoms with Crippen molar-refractivity contribution in [1.29, 1.82) is 0 Å². The quantitative estimate of drug-likeness (QED) is 0.465. The number of halogens is 1. The third-order valence-electron chi connectivity index (χ3n) is 5.06. The Balaban J connectivity index is 1.28. The van der Waals surface area contributed by atoms with Gasteiger partial charge >= 0.3 is 0 Å². The van der Waals surface area contributed by atoms with Gasteiger partial charge in [-0.25, -0.2) is 0 Å². The molecule has 2 N–H and O–H groups in total. The van der Waals surface area contributed by atoms with Crippen molar-refractivity contribution in [3.05, 3.63) is 62.9 Å². The molecule has 0 fully saturated rings. The molecule has 1 aliphatic rings.